The first-order valence-electron chi connectivity index (χ1n) is 9.42. The summed E-state index contributed by atoms with van der Waals surface area (Å²) in [4.78, 5) is 25.7. The highest BCUT2D eigenvalue weighted by molar-refractivity contribution is 5.89. The van der Waals surface area contributed by atoms with Crippen LogP contribution in [0, 0.1) is 0 Å². The van der Waals surface area contributed by atoms with Crippen molar-refractivity contribution in [1.29, 1.82) is 0 Å². The number of nitrogens with one attached hydrogen (secondary N) is 1. The Morgan fingerprint density at radius 1 is 1.14 bits per heavy atom. The molecule has 152 valence electrons. The third-order valence-electron chi connectivity index (χ3n) is 4.28. The van der Waals surface area contributed by atoms with Gasteiger partial charge in [-0.3, -0.25) is 10.2 Å². The number of benzene rings is 2. The molecular formula is C22H24N2O5. The molecule has 0 radical (unpaired) electrons. The van der Waals surface area contributed by atoms with Gasteiger partial charge in [-0.25, -0.2) is 9.59 Å². The van der Waals surface area contributed by atoms with Crippen LogP contribution in [0.15, 0.2) is 63.8 Å². The van der Waals surface area contributed by atoms with Crippen LogP contribution in [0.4, 0.5) is 10.5 Å². The highest BCUT2D eigenvalue weighted by Gasteiger charge is 2.11. The highest BCUT2D eigenvalue weighted by atomic mass is 16.5. The number of ether oxygens (including phenoxy) is 2. The molecular weight excluding hydrogens is 372 g/mol. The lowest BCUT2D eigenvalue weighted by molar-refractivity contribution is 0.168. The van der Waals surface area contributed by atoms with E-state index in [-0.39, 0.29) is 6.61 Å². The van der Waals surface area contributed by atoms with Crippen molar-refractivity contribution >= 4 is 22.7 Å². The quantitative estimate of drug-likeness (QED) is 0.582. The van der Waals surface area contributed by atoms with Gasteiger partial charge < -0.3 is 13.9 Å². The molecule has 0 bridgehead atoms. The van der Waals surface area contributed by atoms with Crippen LogP contribution in [0.1, 0.15) is 12.5 Å². The van der Waals surface area contributed by atoms with E-state index in [1.54, 1.807) is 19.1 Å². The van der Waals surface area contributed by atoms with E-state index in [0.29, 0.717) is 31.0 Å². The van der Waals surface area contributed by atoms with Gasteiger partial charge in [0.1, 0.15) is 17.9 Å². The van der Waals surface area contributed by atoms with Crippen LogP contribution in [-0.4, -0.2) is 37.8 Å². The molecule has 0 spiro atoms. The fourth-order valence-corrected chi connectivity index (χ4v) is 2.93. The molecule has 0 atom stereocenters. The lowest BCUT2D eigenvalue weighted by Crippen LogP contribution is -2.24. The molecule has 0 aliphatic heterocycles. The second kappa shape index (κ2) is 9.75. The second-order valence-corrected chi connectivity index (χ2v) is 6.55. The van der Waals surface area contributed by atoms with E-state index >= 15 is 0 Å². The monoisotopic (exact) mass is 396 g/mol. The van der Waals surface area contributed by atoms with Crippen molar-refractivity contribution in [1.82, 2.24) is 4.90 Å². The molecule has 0 saturated carbocycles. The first-order chi connectivity index (χ1) is 14.0. The topological polar surface area (TPSA) is 81.0 Å². The summed E-state index contributed by atoms with van der Waals surface area (Å²) in [5, 5.41) is 3.42. The van der Waals surface area contributed by atoms with Gasteiger partial charge in [0.05, 0.1) is 6.61 Å². The average Bonchev–Trinajstić information content (AvgIpc) is 2.68. The first-order valence-corrected chi connectivity index (χ1v) is 9.42. The van der Waals surface area contributed by atoms with Crippen LogP contribution in [0.2, 0.25) is 0 Å². The minimum Gasteiger partial charge on any atom is -0.492 e. The van der Waals surface area contributed by atoms with Crippen molar-refractivity contribution in [2.75, 3.05) is 32.1 Å². The van der Waals surface area contributed by atoms with Gasteiger partial charge in [0.25, 0.3) is 0 Å². The van der Waals surface area contributed by atoms with Gasteiger partial charge in [-0.2, -0.15) is 0 Å². The van der Waals surface area contributed by atoms with Crippen molar-refractivity contribution in [3.63, 3.8) is 0 Å². The Hall–Kier alpha value is -3.32. The zero-order valence-electron chi connectivity index (χ0n) is 16.5. The van der Waals surface area contributed by atoms with Crippen LogP contribution in [-0.2, 0) is 11.3 Å². The molecule has 0 aliphatic carbocycles. The Bertz CT molecular complexity index is 1020. The van der Waals surface area contributed by atoms with Gasteiger partial charge in [-0.15, -0.1) is 0 Å². The number of anilines is 1. The molecule has 29 heavy (non-hydrogen) atoms. The number of rotatable bonds is 8. The van der Waals surface area contributed by atoms with Gasteiger partial charge in [0.2, 0.25) is 0 Å². The largest absolute Gasteiger partial charge is 0.492 e. The minimum atomic E-state index is -0.552. The molecule has 7 heteroatoms. The van der Waals surface area contributed by atoms with Crippen LogP contribution < -0.4 is 15.7 Å². The number of carbonyl (C=O) groups is 1. The van der Waals surface area contributed by atoms with Crippen molar-refractivity contribution in [3.8, 4) is 5.75 Å². The lowest BCUT2D eigenvalue weighted by Gasteiger charge is -2.18. The zero-order valence-corrected chi connectivity index (χ0v) is 16.5. The summed E-state index contributed by atoms with van der Waals surface area (Å²) < 4.78 is 15.9. The Balaban J connectivity index is 1.68. The number of likely N-dealkylation sites (N-methyl/N-ethyl adjacent to an activating group) is 1. The van der Waals surface area contributed by atoms with Crippen molar-refractivity contribution in [2.24, 2.45) is 0 Å². The lowest BCUT2D eigenvalue weighted by atomic mass is 10.1. The predicted octanol–water partition coefficient (Wildman–Crippen LogP) is 3.87. The summed E-state index contributed by atoms with van der Waals surface area (Å²) in [6.07, 6.45) is -0.552. The van der Waals surface area contributed by atoms with Crippen LogP contribution in [0.3, 0.4) is 0 Å². The van der Waals surface area contributed by atoms with E-state index in [9.17, 15) is 9.59 Å². The minimum absolute atomic E-state index is 0.277. The van der Waals surface area contributed by atoms with Gasteiger partial charge in [-0.1, -0.05) is 18.2 Å². The Morgan fingerprint density at radius 3 is 2.69 bits per heavy atom. The van der Waals surface area contributed by atoms with Gasteiger partial charge in [0, 0.05) is 36.3 Å². The summed E-state index contributed by atoms with van der Waals surface area (Å²) in [6.45, 7) is 3.79. The third-order valence-corrected chi connectivity index (χ3v) is 4.28. The van der Waals surface area contributed by atoms with Crippen LogP contribution in [0.25, 0.3) is 11.0 Å². The molecule has 0 saturated heterocycles. The maximum atomic E-state index is 12.0. The molecule has 7 nitrogen and oxygen atoms in total. The van der Waals surface area contributed by atoms with E-state index in [4.69, 9.17) is 13.9 Å². The summed E-state index contributed by atoms with van der Waals surface area (Å²) in [6, 6.07) is 16.3. The summed E-state index contributed by atoms with van der Waals surface area (Å²) in [7, 11) is 1.96. The van der Waals surface area contributed by atoms with Crippen molar-refractivity contribution in [2.45, 2.75) is 13.5 Å². The van der Waals surface area contributed by atoms with Crippen molar-refractivity contribution < 1.29 is 18.7 Å². The zero-order chi connectivity index (χ0) is 20.6. The second-order valence-electron chi connectivity index (χ2n) is 6.55. The molecule has 0 fully saturated rings. The number of hydrogen-bond acceptors (Lipinski definition) is 6. The Labute approximate surface area is 168 Å². The standard InChI is InChI=1S/C22H24N2O5/c1-3-27-22(26)23-17-9-10-19-16(13-21(25)29-20(19)14-17)15-24(2)11-12-28-18-7-5-4-6-8-18/h4-10,13-14H,3,11-12,15H2,1-2H3,(H,23,26). The van der Waals surface area contributed by atoms with E-state index < -0.39 is 11.7 Å². The van der Waals surface area contributed by atoms with E-state index in [2.05, 4.69) is 10.2 Å². The predicted molar refractivity (Wildman–Crippen MR) is 111 cm³/mol. The summed E-state index contributed by atoms with van der Waals surface area (Å²) in [5.74, 6) is 0.827. The number of hydrogen-bond donors (Lipinski definition) is 1. The number of amides is 1. The number of para-hydroxylation sites is 1. The molecule has 0 unspecified atom stereocenters. The van der Waals surface area contributed by atoms with Crippen LogP contribution in [0.5, 0.6) is 5.75 Å². The number of nitrogens with zero attached hydrogens (tertiary/aromatic N) is 1. The Kier molecular flexibility index (Phi) is 6.86. The van der Waals surface area contributed by atoms with E-state index in [0.717, 1.165) is 16.7 Å². The van der Waals surface area contributed by atoms with Gasteiger partial charge in [-0.05, 0) is 43.8 Å². The third kappa shape index (κ3) is 5.83. The normalized spacial score (nSPS) is 10.9. The van der Waals surface area contributed by atoms with Crippen molar-refractivity contribution in [3.05, 3.63) is 70.6 Å². The average molecular weight is 396 g/mol. The molecule has 3 aromatic rings. The smallest absolute Gasteiger partial charge is 0.411 e. The van der Waals surface area contributed by atoms with Gasteiger partial charge in [0.15, 0.2) is 0 Å². The van der Waals surface area contributed by atoms with E-state index in [1.165, 1.54) is 6.07 Å². The molecule has 1 amide bonds. The Morgan fingerprint density at radius 2 is 1.93 bits per heavy atom. The maximum Gasteiger partial charge on any atom is 0.411 e. The fraction of sp³-hybridized carbons (Fsp3) is 0.273. The van der Waals surface area contributed by atoms with Gasteiger partial charge >= 0.3 is 11.7 Å². The van der Waals surface area contributed by atoms with Crippen LogP contribution >= 0.6 is 0 Å². The first kappa shape index (κ1) is 20.4. The SMILES string of the molecule is CCOC(=O)Nc1ccc2c(CN(C)CCOc3ccccc3)cc(=O)oc2c1. The summed E-state index contributed by atoms with van der Waals surface area (Å²) in [5.41, 5.74) is 1.33. The molecule has 1 heterocycles. The molecule has 3 rings (SSSR count). The molecule has 1 N–H and O–H groups in total. The summed E-state index contributed by atoms with van der Waals surface area (Å²) >= 11 is 0. The maximum absolute atomic E-state index is 12.0. The fourth-order valence-electron chi connectivity index (χ4n) is 2.93. The molecule has 1 aromatic heterocycles. The molecule has 0 aliphatic rings. The van der Waals surface area contributed by atoms with E-state index in [1.807, 2.05) is 43.4 Å². The highest BCUT2D eigenvalue weighted by Crippen LogP contribution is 2.22. The molecule has 2 aromatic carbocycles. The number of carbonyl (C=O) groups excluding carboxylic acids is 1. The number of fused-ring (bicyclic) bond motifs is 1.